The number of nitro benzene ring substituents is 2. The van der Waals surface area contributed by atoms with E-state index in [1.807, 2.05) is 13.8 Å². The van der Waals surface area contributed by atoms with Crippen LogP contribution in [0.1, 0.15) is 49.9 Å². The predicted octanol–water partition coefficient (Wildman–Crippen LogP) is 4.20. The van der Waals surface area contributed by atoms with Gasteiger partial charge in [0.05, 0.1) is 21.5 Å². The Labute approximate surface area is 144 Å². The molecule has 1 rings (SSSR count). The van der Waals surface area contributed by atoms with E-state index in [1.165, 1.54) is 0 Å². The third kappa shape index (κ3) is 4.89. The smallest absolute Gasteiger partial charge is 0.295 e. The molecule has 9 heteroatoms. The van der Waals surface area contributed by atoms with Gasteiger partial charge in [-0.3, -0.25) is 25.0 Å². The maximum absolute atomic E-state index is 12.7. The number of hydrogen-bond donors (Lipinski definition) is 0. The van der Waals surface area contributed by atoms with Crippen LogP contribution in [0.2, 0.25) is 5.02 Å². The summed E-state index contributed by atoms with van der Waals surface area (Å²) in [6.07, 6.45) is 3.28. The van der Waals surface area contributed by atoms with Gasteiger partial charge in [-0.25, -0.2) is 0 Å². The number of nitro groups is 2. The largest absolute Gasteiger partial charge is 0.339 e. The summed E-state index contributed by atoms with van der Waals surface area (Å²) in [5, 5.41) is 21.7. The molecule has 0 aromatic heterocycles. The standard InChI is InChI=1S/C15H20ClN3O5/c1-3-5-7-17(8-6-4-2)15(20)12-9-11(18(21)22)10-13(14(12)16)19(23)24/h9-10H,3-8H2,1-2H3. The van der Waals surface area contributed by atoms with E-state index < -0.39 is 27.1 Å². The SMILES string of the molecule is CCCCN(CCCC)C(=O)c1cc([N+](=O)[O-])cc([N+](=O)[O-])c1Cl. The second-order valence-corrected chi connectivity index (χ2v) is 5.72. The van der Waals surface area contributed by atoms with Crippen molar-refractivity contribution < 1.29 is 14.6 Å². The van der Waals surface area contributed by atoms with Gasteiger partial charge in [0, 0.05) is 19.2 Å². The Morgan fingerprint density at radius 2 is 1.62 bits per heavy atom. The zero-order chi connectivity index (χ0) is 18.3. The summed E-state index contributed by atoms with van der Waals surface area (Å²) in [6, 6.07) is 1.77. The van der Waals surface area contributed by atoms with Crippen molar-refractivity contribution in [2.45, 2.75) is 39.5 Å². The molecule has 0 saturated heterocycles. The van der Waals surface area contributed by atoms with Gasteiger partial charge in [0.2, 0.25) is 0 Å². The van der Waals surface area contributed by atoms with E-state index in [1.54, 1.807) is 4.90 Å². The van der Waals surface area contributed by atoms with Gasteiger partial charge in [-0.05, 0) is 12.8 Å². The Bertz CT molecular complexity index is 628. The van der Waals surface area contributed by atoms with Crippen LogP contribution in [0.3, 0.4) is 0 Å². The fourth-order valence-corrected chi connectivity index (χ4v) is 2.43. The highest BCUT2D eigenvalue weighted by molar-refractivity contribution is 6.36. The molecule has 0 radical (unpaired) electrons. The number of benzene rings is 1. The zero-order valence-corrected chi connectivity index (χ0v) is 14.4. The summed E-state index contributed by atoms with van der Waals surface area (Å²) >= 11 is 5.98. The summed E-state index contributed by atoms with van der Waals surface area (Å²) in [6.45, 7) is 4.91. The van der Waals surface area contributed by atoms with Gasteiger partial charge in [-0.2, -0.15) is 0 Å². The third-order valence-electron chi connectivity index (χ3n) is 3.53. The molecule has 0 saturated carbocycles. The van der Waals surface area contributed by atoms with Crippen molar-refractivity contribution in [3.05, 3.63) is 42.9 Å². The van der Waals surface area contributed by atoms with Crippen molar-refractivity contribution in [1.29, 1.82) is 0 Å². The van der Waals surface area contributed by atoms with Crippen LogP contribution in [0.4, 0.5) is 11.4 Å². The van der Waals surface area contributed by atoms with E-state index in [-0.39, 0.29) is 10.6 Å². The lowest BCUT2D eigenvalue weighted by Crippen LogP contribution is -2.33. The summed E-state index contributed by atoms with van der Waals surface area (Å²) in [5.41, 5.74) is -1.37. The van der Waals surface area contributed by atoms with Crippen LogP contribution in [-0.2, 0) is 0 Å². The van der Waals surface area contributed by atoms with Crippen molar-refractivity contribution in [3.63, 3.8) is 0 Å². The predicted molar refractivity (Wildman–Crippen MR) is 90.5 cm³/mol. The van der Waals surface area contributed by atoms with Gasteiger partial charge in [-0.15, -0.1) is 0 Å². The van der Waals surface area contributed by atoms with Crippen LogP contribution in [0.5, 0.6) is 0 Å². The number of rotatable bonds is 9. The molecule has 0 heterocycles. The first kappa shape index (κ1) is 19.8. The van der Waals surface area contributed by atoms with Gasteiger partial charge in [0.1, 0.15) is 5.02 Å². The molecular formula is C15H20ClN3O5. The summed E-state index contributed by atoms with van der Waals surface area (Å²) in [4.78, 5) is 34.7. The van der Waals surface area contributed by atoms with Crippen molar-refractivity contribution in [2.75, 3.05) is 13.1 Å². The fourth-order valence-electron chi connectivity index (χ4n) is 2.17. The number of carbonyl (C=O) groups excluding carboxylic acids is 1. The van der Waals surface area contributed by atoms with Crippen molar-refractivity contribution in [1.82, 2.24) is 4.90 Å². The van der Waals surface area contributed by atoms with Gasteiger partial charge in [0.15, 0.2) is 0 Å². The van der Waals surface area contributed by atoms with Crippen molar-refractivity contribution in [3.8, 4) is 0 Å². The number of nitrogens with zero attached hydrogens (tertiary/aromatic N) is 3. The Hall–Kier alpha value is -2.22. The molecule has 0 spiro atoms. The van der Waals surface area contributed by atoms with Crippen LogP contribution in [-0.4, -0.2) is 33.7 Å². The lowest BCUT2D eigenvalue weighted by Gasteiger charge is -2.22. The van der Waals surface area contributed by atoms with E-state index in [9.17, 15) is 25.0 Å². The highest BCUT2D eigenvalue weighted by Gasteiger charge is 2.28. The van der Waals surface area contributed by atoms with Crippen LogP contribution >= 0.6 is 11.6 Å². The lowest BCUT2D eigenvalue weighted by molar-refractivity contribution is -0.394. The zero-order valence-electron chi connectivity index (χ0n) is 13.7. The van der Waals surface area contributed by atoms with Crippen LogP contribution < -0.4 is 0 Å². The molecule has 0 aliphatic heterocycles. The first-order valence-electron chi connectivity index (χ1n) is 7.75. The number of amides is 1. The molecule has 0 unspecified atom stereocenters. The number of unbranched alkanes of at least 4 members (excludes halogenated alkanes) is 2. The van der Waals surface area contributed by atoms with E-state index in [2.05, 4.69) is 0 Å². The molecule has 0 bridgehead atoms. The molecule has 1 aromatic rings. The van der Waals surface area contributed by atoms with Gasteiger partial charge in [0.25, 0.3) is 17.3 Å². The Morgan fingerprint density at radius 1 is 1.08 bits per heavy atom. The molecule has 0 aliphatic carbocycles. The molecule has 1 aromatic carbocycles. The Kier molecular flexibility index (Phi) is 7.57. The van der Waals surface area contributed by atoms with Crippen LogP contribution in [0.25, 0.3) is 0 Å². The van der Waals surface area contributed by atoms with Gasteiger partial charge >= 0.3 is 0 Å². The minimum Gasteiger partial charge on any atom is -0.339 e. The lowest BCUT2D eigenvalue weighted by atomic mass is 10.1. The molecule has 0 N–H and O–H groups in total. The maximum atomic E-state index is 12.7. The summed E-state index contributed by atoms with van der Waals surface area (Å²) in [7, 11) is 0. The van der Waals surface area contributed by atoms with Crippen molar-refractivity contribution >= 4 is 28.9 Å². The Morgan fingerprint density at radius 3 is 2.04 bits per heavy atom. The fraction of sp³-hybridized carbons (Fsp3) is 0.533. The first-order valence-corrected chi connectivity index (χ1v) is 8.12. The maximum Gasteiger partial charge on any atom is 0.295 e. The molecule has 1 amide bonds. The van der Waals surface area contributed by atoms with E-state index in [4.69, 9.17) is 11.6 Å². The first-order chi connectivity index (χ1) is 11.3. The van der Waals surface area contributed by atoms with E-state index in [0.717, 1.165) is 37.8 Å². The molecule has 0 fully saturated rings. The molecule has 132 valence electrons. The molecular weight excluding hydrogens is 338 g/mol. The van der Waals surface area contributed by atoms with Crippen LogP contribution in [0.15, 0.2) is 12.1 Å². The number of hydrogen-bond acceptors (Lipinski definition) is 5. The monoisotopic (exact) mass is 357 g/mol. The topological polar surface area (TPSA) is 107 Å². The third-order valence-corrected chi connectivity index (χ3v) is 3.92. The second-order valence-electron chi connectivity index (χ2n) is 5.34. The Balaban J connectivity index is 3.31. The molecule has 8 nitrogen and oxygen atoms in total. The summed E-state index contributed by atoms with van der Waals surface area (Å²) in [5.74, 6) is -0.520. The second kappa shape index (κ2) is 9.17. The average Bonchev–Trinajstić information content (AvgIpc) is 2.54. The molecule has 24 heavy (non-hydrogen) atoms. The minimum absolute atomic E-state index is 0.204. The van der Waals surface area contributed by atoms with Crippen molar-refractivity contribution in [2.24, 2.45) is 0 Å². The van der Waals surface area contributed by atoms with E-state index >= 15 is 0 Å². The van der Waals surface area contributed by atoms with Crippen LogP contribution in [0, 0.1) is 20.2 Å². The molecule has 0 aliphatic rings. The number of carbonyl (C=O) groups is 1. The highest BCUT2D eigenvalue weighted by atomic mass is 35.5. The van der Waals surface area contributed by atoms with E-state index in [0.29, 0.717) is 13.1 Å². The minimum atomic E-state index is -0.825. The number of halogens is 1. The molecule has 0 atom stereocenters. The average molecular weight is 358 g/mol. The quantitative estimate of drug-likeness (QED) is 0.486. The van der Waals surface area contributed by atoms with Gasteiger partial charge < -0.3 is 4.90 Å². The number of non-ortho nitro benzene ring substituents is 1. The van der Waals surface area contributed by atoms with Gasteiger partial charge in [-0.1, -0.05) is 38.3 Å². The summed E-state index contributed by atoms with van der Waals surface area (Å²) < 4.78 is 0. The normalized spacial score (nSPS) is 10.5. The highest BCUT2D eigenvalue weighted by Crippen LogP contribution is 2.33.